The minimum Gasteiger partial charge on any atom is -0.344 e. The molecule has 3 heterocycles. The Kier molecular flexibility index (Phi) is 8.61. The van der Waals surface area contributed by atoms with Crippen LogP contribution in [0.5, 0.6) is 0 Å². The van der Waals surface area contributed by atoms with Crippen molar-refractivity contribution in [3.05, 3.63) is 102 Å². The lowest BCUT2D eigenvalue weighted by Gasteiger charge is -2.46. The first-order chi connectivity index (χ1) is 19.3. The largest absolute Gasteiger partial charge is 0.344 e. The van der Waals surface area contributed by atoms with Crippen LogP contribution in [0.1, 0.15) is 40.4 Å². The molecule has 2 unspecified atom stereocenters. The zero-order chi connectivity index (χ0) is 28.1. The van der Waals surface area contributed by atoms with Gasteiger partial charge in [-0.3, -0.25) is 19.5 Å². The SMILES string of the molecule is CN(CC1CN(C(=O)c2cccnc2)CCN1C(c1ccccc1)c1ccccc1)C(=O)CC1CCS(=O)(=O)C1. The standard InChI is InChI=1S/C31H36N4O4S/c1-33(29(36)19-24-14-18-40(38,39)23-24)21-28-22-34(31(37)27-13-8-15-32-20-27)16-17-35(28)30(25-9-4-2-5-10-25)26-11-6-3-7-12-26/h2-13,15,20,24,28,30H,14,16-19,21-23H2,1H3. The summed E-state index contributed by atoms with van der Waals surface area (Å²) in [5.41, 5.74) is 2.84. The number of amides is 2. The Balaban J connectivity index is 1.41. The Morgan fingerprint density at radius 1 is 0.975 bits per heavy atom. The molecule has 0 bridgehead atoms. The predicted octanol–water partition coefficient (Wildman–Crippen LogP) is 3.28. The Morgan fingerprint density at radius 3 is 2.23 bits per heavy atom. The maximum atomic E-state index is 13.4. The third-order valence-corrected chi connectivity index (χ3v) is 9.82. The van der Waals surface area contributed by atoms with Crippen molar-refractivity contribution in [2.45, 2.75) is 24.9 Å². The van der Waals surface area contributed by atoms with Gasteiger partial charge in [0.15, 0.2) is 9.84 Å². The van der Waals surface area contributed by atoms with Crippen molar-refractivity contribution in [1.29, 1.82) is 0 Å². The van der Waals surface area contributed by atoms with Crippen LogP contribution in [0.15, 0.2) is 85.2 Å². The van der Waals surface area contributed by atoms with E-state index in [0.29, 0.717) is 38.2 Å². The molecule has 2 fully saturated rings. The molecule has 5 rings (SSSR count). The summed E-state index contributed by atoms with van der Waals surface area (Å²) in [6, 6.07) is 24.0. The Hall–Kier alpha value is -3.56. The van der Waals surface area contributed by atoms with Crippen molar-refractivity contribution in [3.63, 3.8) is 0 Å². The number of nitrogens with zero attached hydrogens (tertiary/aromatic N) is 4. The topological polar surface area (TPSA) is 90.9 Å². The molecule has 0 saturated carbocycles. The highest BCUT2D eigenvalue weighted by Crippen LogP contribution is 2.33. The Bertz CT molecular complexity index is 1360. The van der Waals surface area contributed by atoms with E-state index in [4.69, 9.17) is 0 Å². The van der Waals surface area contributed by atoms with E-state index in [1.165, 1.54) is 0 Å². The number of hydrogen-bond donors (Lipinski definition) is 0. The molecule has 0 aliphatic carbocycles. The van der Waals surface area contributed by atoms with E-state index >= 15 is 0 Å². The van der Waals surface area contributed by atoms with E-state index in [9.17, 15) is 18.0 Å². The predicted molar refractivity (Wildman–Crippen MR) is 154 cm³/mol. The first kappa shape index (κ1) is 28.0. The first-order valence-electron chi connectivity index (χ1n) is 13.8. The van der Waals surface area contributed by atoms with Gasteiger partial charge in [-0.2, -0.15) is 0 Å². The third kappa shape index (κ3) is 6.59. The van der Waals surface area contributed by atoms with Crippen molar-refractivity contribution in [2.24, 2.45) is 5.92 Å². The van der Waals surface area contributed by atoms with Gasteiger partial charge in [0.1, 0.15) is 0 Å². The van der Waals surface area contributed by atoms with Crippen molar-refractivity contribution in [3.8, 4) is 0 Å². The summed E-state index contributed by atoms with van der Waals surface area (Å²) in [6.45, 7) is 2.07. The molecule has 0 spiro atoms. The van der Waals surface area contributed by atoms with Gasteiger partial charge in [-0.15, -0.1) is 0 Å². The molecule has 210 valence electrons. The molecule has 9 heteroatoms. The second-order valence-corrected chi connectivity index (χ2v) is 13.1. The van der Waals surface area contributed by atoms with E-state index in [0.717, 1.165) is 11.1 Å². The number of hydrogen-bond acceptors (Lipinski definition) is 6. The summed E-state index contributed by atoms with van der Waals surface area (Å²) in [7, 11) is -1.26. The molecular formula is C31H36N4O4S. The highest BCUT2D eigenvalue weighted by molar-refractivity contribution is 7.91. The number of pyridine rings is 1. The minimum atomic E-state index is -3.05. The van der Waals surface area contributed by atoms with Crippen molar-refractivity contribution < 1.29 is 18.0 Å². The van der Waals surface area contributed by atoms with Crippen molar-refractivity contribution in [1.82, 2.24) is 19.7 Å². The lowest BCUT2D eigenvalue weighted by molar-refractivity contribution is -0.131. The van der Waals surface area contributed by atoms with Crippen LogP contribution in [0.25, 0.3) is 0 Å². The van der Waals surface area contributed by atoms with E-state index in [1.807, 2.05) is 41.3 Å². The normalized spacial score (nSPS) is 20.9. The molecule has 2 amide bonds. The monoisotopic (exact) mass is 560 g/mol. The van der Waals surface area contributed by atoms with Crippen LogP contribution < -0.4 is 0 Å². The zero-order valence-electron chi connectivity index (χ0n) is 22.8. The lowest BCUT2D eigenvalue weighted by Crippen LogP contribution is -2.59. The molecule has 3 aromatic rings. The zero-order valence-corrected chi connectivity index (χ0v) is 23.6. The first-order valence-corrected chi connectivity index (χ1v) is 15.6. The molecule has 2 aromatic carbocycles. The number of sulfone groups is 1. The van der Waals surface area contributed by atoms with Gasteiger partial charge < -0.3 is 9.80 Å². The van der Waals surface area contributed by atoms with Crippen LogP contribution in [-0.4, -0.2) is 90.7 Å². The van der Waals surface area contributed by atoms with E-state index < -0.39 is 9.84 Å². The molecule has 1 aromatic heterocycles. The highest BCUT2D eigenvalue weighted by Gasteiger charge is 2.37. The summed E-state index contributed by atoms with van der Waals surface area (Å²) in [4.78, 5) is 36.8. The minimum absolute atomic E-state index is 0.0495. The second-order valence-electron chi connectivity index (χ2n) is 10.9. The molecule has 2 aliphatic heterocycles. The van der Waals surface area contributed by atoms with Crippen LogP contribution in [-0.2, 0) is 14.6 Å². The molecule has 2 saturated heterocycles. The lowest BCUT2D eigenvalue weighted by atomic mass is 9.94. The van der Waals surface area contributed by atoms with Crippen LogP contribution in [0.2, 0.25) is 0 Å². The van der Waals surface area contributed by atoms with Gasteiger partial charge in [0.25, 0.3) is 5.91 Å². The molecule has 2 atom stereocenters. The molecular weight excluding hydrogens is 524 g/mol. The van der Waals surface area contributed by atoms with Crippen molar-refractivity contribution >= 4 is 21.7 Å². The summed E-state index contributed by atoms with van der Waals surface area (Å²) in [5.74, 6) is -0.0219. The fourth-order valence-electron chi connectivity index (χ4n) is 5.93. The molecule has 40 heavy (non-hydrogen) atoms. The summed E-state index contributed by atoms with van der Waals surface area (Å²) < 4.78 is 23.9. The van der Waals surface area contributed by atoms with Crippen LogP contribution >= 0.6 is 0 Å². The number of carbonyl (C=O) groups excluding carboxylic acids is 2. The van der Waals surface area contributed by atoms with Gasteiger partial charge in [0.2, 0.25) is 5.91 Å². The van der Waals surface area contributed by atoms with Gasteiger partial charge in [-0.25, -0.2) is 8.42 Å². The number of carbonyl (C=O) groups is 2. The number of likely N-dealkylation sites (N-methyl/N-ethyl adjacent to an activating group) is 1. The number of piperazine rings is 1. The quantitative estimate of drug-likeness (QED) is 0.420. The van der Waals surface area contributed by atoms with Gasteiger partial charge in [0, 0.05) is 58.1 Å². The maximum absolute atomic E-state index is 13.4. The van der Waals surface area contributed by atoms with Crippen LogP contribution in [0, 0.1) is 5.92 Å². The smallest absolute Gasteiger partial charge is 0.255 e. The fourth-order valence-corrected chi connectivity index (χ4v) is 7.79. The maximum Gasteiger partial charge on any atom is 0.255 e. The molecule has 8 nitrogen and oxygen atoms in total. The summed E-state index contributed by atoms with van der Waals surface area (Å²) in [6.07, 6.45) is 4.00. The Morgan fingerprint density at radius 2 is 1.65 bits per heavy atom. The second kappa shape index (κ2) is 12.3. The molecule has 0 radical (unpaired) electrons. The van der Waals surface area contributed by atoms with Gasteiger partial charge in [-0.05, 0) is 35.6 Å². The number of rotatable bonds is 8. The van der Waals surface area contributed by atoms with E-state index in [1.54, 1.807) is 36.5 Å². The van der Waals surface area contributed by atoms with E-state index in [-0.39, 0.29) is 47.7 Å². The Labute approximate surface area is 236 Å². The van der Waals surface area contributed by atoms with Gasteiger partial charge in [-0.1, -0.05) is 60.7 Å². The average molecular weight is 561 g/mol. The van der Waals surface area contributed by atoms with E-state index in [2.05, 4.69) is 34.1 Å². The van der Waals surface area contributed by atoms with Crippen LogP contribution in [0.3, 0.4) is 0 Å². The fraction of sp³-hybridized carbons (Fsp3) is 0.387. The third-order valence-electron chi connectivity index (χ3n) is 7.99. The molecule has 2 aliphatic rings. The summed E-state index contributed by atoms with van der Waals surface area (Å²) >= 11 is 0. The average Bonchev–Trinajstić information content (AvgIpc) is 3.32. The van der Waals surface area contributed by atoms with Gasteiger partial charge in [0.05, 0.1) is 23.1 Å². The van der Waals surface area contributed by atoms with Crippen molar-refractivity contribution in [2.75, 3.05) is 44.7 Å². The van der Waals surface area contributed by atoms with Crippen LogP contribution in [0.4, 0.5) is 0 Å². The molecule has 0 N–H and O–H groups in total. The summed E-state index contributed by atoms with van der Waals surface area (Å²) in [5, 5.41) is 0. The number of aromatic nitrogens is 1. The number of benzene rings is 2. The van der Waals surface area contributed by atoms with Gasteiger partial charge >= 0.3 is 0 Å². The highest BCUT2D eigenvalue weighted by atomic mass is 32.2.